The second-order valence-corrected chi connectivity index (χ2v) is 11.3. The lowest BCUT2D eigenvalue weighted by Crippen LogP contribution is -2.50. The Morgan fingerprint density at radius 2 is 1.88 bits per heavy atom. The molecule has 34 heavy (non-hydrogen) atoms. The van der Waals surface area contributed by atoms with E-state index in [9.17, 15) is 9.90 Å². The van der Waals surface area contributed by atoms with Gasteiger partial charge in [-0.2, -0.15) is 0 Å². The van der Waals surface area contributed by atoms with Crippen molar-refractivity contribution in [3.8, 4) is 16.5 Å². The molecule has 11 heteroatoms. The minimum Gasteiger partial charge on any atom is -0.492 e. The number of piperazine rings is 1. The van der Waals surface area contributed by atoms with Crippen molar-refractivity contribution in [2.75, 3.05) is 36.4 Å². The van der Waals surface area contributed by atoms with Crippen LogP contribution in [-0.2, 0) is 0 Å². The average Bonchev–Trinajstić information content (AvgIpc) is 3.47. The van der Waals surface area contributed by atoms with Gasteiger partial charge in [-0.05, 0) is 25.8 Å². The molecule has 8 nitrogen and oxygen atoms in total. The Morgan fingerprint density at radius 1 is 1.12 bits per heavy atom. The number of nitrogens with one attached hydrogen (secondary N) is 1. The van der Waals surface area contributed by atoms with Crippen molar-refractivity contribution in [2.24, 2.45) is 0 Å². The van der Waals surface area contributed by atoms with Crippen molar-refractivity contribution in [1.82, 2.24) is 19.9 Å². The average molecular weight is 519 g/mol. The van der Waals surface area contributed by atoms with Crippen LogP contribution in [0.4, 0.5) is 10.1 Å². The molecule has 3 aromatic rings. The second-order valence-electron chi connectivity index (χ2n) is 8.71. The van der Waals surface area contributed by atoms with E-state index in [0.717, 1.165) is 52.8 Å². The number of amides is 1. The van der Waals surface area contributed by atoms with E-state index >= 15 is 0 Å². The van der Waals surface area contributed by atoms with Gasteiger partial charge in [0.25, 0.3) is 5.91 Å². The number of hydrogen-bond acceptors (Lipinski definition) is 9. The third-order valence-electron chi connectivity index (χ3n) is 6.46. The molecule has 4 heterocycles. The zero-order valence-electron chi connectivity index (χ0n) is 19.0. The molecule has 3 aromatic heterocycles. The van der Waals surface area contributed by atoms with Crippen molar-refractivity contribution in [1.29, 1.82) is 0 Å². The minimum atomic E-state index is -0.371. The molecule has 1 saturated carbocycles. The fraction of sp³-hybridized carbons (Fsp3) is 0.478. The Balaban J connectivity index is 1.36. The zero-order valence-corrected chi connectivity index (χ0v) is 21.3. The maximum absolute atomic E-state index is 12.8. The van der Waals surface area contributed by atoms with Gasteiger partial charge in [0.2, 0.25) is 5.88 Å². The molecule has 0 unspecified atom stereocenters. The van der Waals surface area contributed by atoms with Crippen LogP contribution in [-0.4, -0.2) is 63.1 Å². The van der Waals surface area contributed by atoms with Crippen LogP contribution >= 0.6 is 34.3 Å². The van der Waals surface area contributed by atoms with Gasteiger partial charge >= 0.3 is 0 Å². The fourth-order valence-corrected chi connectivity index (χ4v) is 6.70. The number of aromatic nitrogens is 3. The molecule has 0 spiro atoms. The summed E-state index contributed by atoms with van der Waals surface area (Å²) in [6.07, 6.45) is 9.85. The maximum Gasteiger partial charge on any atom is 0.259 e. The molecule has 5 rings (SSSR count). The minimum absolute atomic E-state index is 0.0316. The van der Waals surface area contributed by atoms with Crippen LogP contribution in [0.2, 0.25) is 5.02 Å². The molecule has 2 N–H and O–H groups in total. The first kappa shape index (κ1) is 23.5. The number of carbonyl (C=O) groups is 1. The number of aryl methyl sites for hydroxylation is 1. The predicted molar refractivity (Wildman–Crippen MR) is 137 cm³/mol. The number of hydrogen-bond donors (Lipinski definition) is 2. The van der Waals surface area contributed by atoms with Crippen LogP contribution in [0.1, 0.15) is 47.5 Å². The van der Waals surface area contributed by atoms with E-state index in [1.165, 1.54) is 55.7 Å². The highest BCUT2D eigenvalue weighted by molar-refractivity contribution is 7.21. The summed E-state index contributed by atoms with van der Waals surface area (Å²) < 4.78 is 0. The van der Waals surface area contributed by atoms with Crippen LogP contribution in [0, 0.1) is 6.92 Å². The molecular weight excluding hydrogens is 492 g/mol. The van der Waals surface area contributed by atoms with E-state index in [2.05, 4.69) is 25.1 Å². The van der Waals surface area contributed by atoms with Crippen molar-refractivity contribution in [3.05, 3.63) is 34.1 Å². The first-order valence-corrected chi connectivity index (χ1v) is 13.6. The molecule has 0 radical (unpaired) electrons. The molecule has 2 aliphatic rings. The van der Waals surface area contributed by atoms with E-state index in [0.29, 0.717) is 5.13 Å². The van der Waals surface area contributed by atoms with E-state index < -0.39 is 0 Å². The number of pyridine rings is 1. The standard InChI is InChI=1S/C23H27ClN6O2S2/c1-14-25-13-18(33-14)19-22(30-9-7-29(8-10-30)16-5-3-2-4-6-16)34-23(27-19)28-20(31)15-11-17(24)21(32)26-12-15/h11-13,16H,2-10H2,1H3,(H,26,32)(H,27,28,31). The Labute approximate surface area is 211 Å². The smallest absolute Gasteiger partial charge is 0.259 e. The van der Waals surface area contributed by atoms with Crippen LogP contribution in [0.3, 0.4) is 0 Å². The Bertz CT molecular complexity index is 1170. The number of anilines is 2. The lowest BCUT2D eigenvalue weighted by Gasteiger charge is -2.41. The fourth-order valence-electron chi connectivity index (χ4n) is 4.67. The van der Waals surface area contributed by atoms with Crippen molar-refractivity contribution < 1.29 is 9.90 Å². The number of carbonyl (C=O) groups excluding carboxylic acids is 1. The summed E-state index contributed by atoms with van der Waals surface area (Å²) in [5.41, 5.74) is 1.12. The summed E-state index contributed by atoms with van der Waals surface area (Å²) in [6.45, 7) is 5.95. The van der Waals surface area contributed by atoms with Gasteiger partial charge in [-0.3, -0.25) is 15.0 Å². The monoisotopic (exact) mass is 518 g/mol. The van der Waals surface area contributed by atoms with E-state index in [1.54, 1.807) is 11.3 Å². The molecular formula is C23H27ClN6O2S2. The largest absolute Gasteiger partial charge is 0.492 e. The van der Waals surface area contributed by atoms with Crippen molar-refractivity contribution in [3.63, 3.8) is 0 Å². The first-order valence-electron chi connectivity index (χ1n) is 11.6. The number of aromatic hydroxyl groups is 1. The number of thiazole rings is 2. The van der Waals surface area contributed by atoms with Gasteiger partial charge in [0, 0.05) is 44.6 Å². The van der Waals surface area contributed by atoms with Gasteiger partial charge in [-0.1, -0.05) is 42.2 Å². The molecule has 0 atom stereocenters. The molecule has 1 saturated heterocycles. The summed E-state index contributed by atoms with van der Waals surface area (Å²) in [4.78, 5) is 31.8. The van der Waals surface area contributed by atoms with Gasteiger partial charge < -0.3 is 10.0 Å². The first-order chi connectivity index (χ1) is 16.5. The molecule has 1 aliphatic heterocycles. The summed E-state index contributed by atoms with van der Waals surface area (Å²) in [5.74, 6) is -0.672. The van der Waals surface area contributed by atoms with Gasteiger partial charge in [0.15, 0.2) is 5.13 Å². The lowest BCUT2D eigenvalue weighted by molar-refractivity contribution is 0.102. The number of halogens is 1. The lowest BCUT2D eigenvalue weighted by atomic mass is 9.94. The third kappa shape index (κ3) is 5.05. The van der Waals surface area contributed by atoms with Crippen LogP contribution in [0.25, 0.3) is 10.6 Å². The van der Waals surface area contributed by atoms with Gasteiger partial charge in [0.05, 0.1) is 15.4 Å². The quantitative estimate of drug-likeness (QED) is 0.488. The highest BCUT2D eigenvalue weighted by atomic mass is 35.5. The molecule has 1 amide bonds. The predicted octanol–water partition coefficient (Wildman–Crippen LogP) is 5.04. The summed E-state index contributed by atoms with van der Waals surface area (Å²) >= 11 is 9.00. The highest BCUT2D eigenvalue weighted by Crippen LogP contribution is 2.41. The molecule has 0 bridgehead atoms. The van der Waals surface area contributed by atoms with Crippen molar-refractivity contribution >= 4 is 50.3 Å². The number of rotatable bonds is 5. The van der Waals surface area contributed by atoms with Gasteiger partial charge in [-0.25, -0.2) is 15.0 Å². The number of nitrogens with zero attached hydrogens (tertiary/aromatic N) is 5. The summed E-state index contributed by atoms with van der Waals surface area (Å²) in [6, 6.07) is 2.12. The van der Waals surface area contributed by atoms with E-state index in [4.69, 9.17) is 16.6 Å². The van der Waals surface area contributed by atoms with Gasteiger partial charge in [-0.15, -0.1) is 11.3 Å². The summed E-state index contributed by atoms with van der Waals surface area (Å²) in [5, 5.41) is 15.0. The molecule has 180 valence electrons. The van der Waals surface area contributed by atoms with Crippen molar-refractivity contribution in [2.45, 2.75) is 45.1 Å². The van der Waals surface area contributed by atoms with Gasteiger partial charge in [0.1, 0.15) is 15.7 Å². The Kier molecular flexibility index (Phi) is 7.01. The van der Waals surface area contributed by atoms with Crippen LogP contribution in [0.5, 0.6) is 5.88 Å². The zero-order chi connectivity index (χ0) is 23.7. The van der Waals surface area contributed by atoms with E-state index in [1.807, 2.05) is 13.1 Å². The molecule has 0 aromatic carbocycles. The van der Waals surface area contributed by atoms with Crippen LogP contribution in [0.15, 0.2) is 18.5 Å². The maximum atomic E-state index is 12.8. The molecule has 1 aliphatic carbocycles. The van der Waals surface area contributed by atoms with Crippen LogP contribution < -0.4 is 10.2 Å². The second kappa shape index (κ2) is 10.2. The SMILES string of the molecule is Cc1ncc(-c2nc(NC(=O)c3cnc(O)c(Cl)c3)sc2N2CCN(C3CCCCC3)CC2)s1. The Morgan fingerprint density at radius 3 is 2.56 bits per heavy atom. The topological polar surface area (TPSA) is 94.5 Å². The third-order valence-corrected chi connectivity index (χ3v) is 8.69. The van der Waals surface area contributed by atoms with E-state index in [-0.39, 0.29) is 22.4 Å². The molecule has 2 fully saturated rings. The highest BCUT2D eigenvalue weighted by Gasteiger charge is 2.28. The summed E-state index contributed by atoms with van der Waals surface area (Å²) in [7, 11) is 0. The Hall–Kier alpha value is -2.27. The normalized spacial score (nSPS) is 17.8.